The molecular weight excluding hydrogens is 236 g/mol. The standard InChI is InChI=1S/C16H28N2O/c1-12-11-13(2)15(16(19-5)14(12)3)7-10-18(4)9-6-8-17/h11H,6-10,17H2,1-5H3. The second-order valence-electron chi connectivity index (χ2n) is 5.34. The van der Waals surface area contributed by atoms with Crippen LogP contribution < -0.4 is 10.5 Å². The van der Waals surface area contributed by atoms with Gasteiger partial charge in [-0.3, -0.25) is 0 Å². The van der Waals surface area contributed by atoms with E-state index >= 15 is 0 Å². The lowest BCUT2D eigenvalue weighted by molar-refractivity contribution is 0.332. The van der Waals surface area contributed by atoms with Crippen molar-refractivity contribution in [1.82, 2.24) is 4.90 Å². The number of hydrogen-bond donors (Lipinski definition) is 1. The molecule has 0 aliphatic heterocycles. The summed E-state index contributed by atoms with van der Waals surface area (Å²) in [4.78, 5) is 2.33. The Morgan fingerprint density at radius 2 is 1.84 bits per heavy atom. The van der Waals surface area contributed by atoms with E-state index < -0.39 is 0 Å². The Balaban J connectivity index is 2.80. The van der Waals surface area contributed by atoms with Gasteiger partial charge in [0.05, 0.1) is 7.11 Å². The Labute approximate surface area is 117 Å². The van der Waals surface area contributed by atoms with Crippen LogP contribution in [0.2, 0.25) is 0 Å². The fourth-order valence-electron chi connectivity index (χ4n) is 2.47. The van der Waals surface area contributed by atoms with Crippen molar-refractivity contribution < 1.29 is 4.74 Å². The first-order valence-corrected chi connectivity index (χ1v) is 7.03. The summed E-state index contributed by atoms with van der Waals surface area (Å²) in [6.07, 6.45) is 2.08. The number of nitrogens with two attached hydrogens (primary N) is 1. The van der Waals surface area contributed by atoms with Crippen LogP contribution in [0.1, 0.15) is 28.7 Å². The highest BCUT2D eigenvalue weighted by atomic mass is 16.5. The van der Waals surface area contributed by atoms with Crippen LogP contribution in [0.4, 0.5) is 0 Å². The summed E-state index contributed by atoms with van der Waals surface area (Å²) in [7, 11) is 3.92. The van der Waals surface area contributed by atoms with Crippen LogP contribution in [-0.4, -0.2) is 38.7 Å². The van der Waals surface area contributed by atoms with Crippen molar-refractivity contribution in [2.75, 3.05) is 33.8 Å². The lowest BCUT2D eigenvalue weighted by Crippen LogP contribution is -2.24. The quantitative estimate of drug-likeness (QED) is 0.822. The van der Waals surface area contributed by atoms with Gasteiger partial charge in [-0.25, -0.2) is 0 Å². The average molecular weight is 264 g/mol. The van der Waals surface area contributed by atoms with Crippen molar-refractivity contribution in [2.45, 2.75) is 33.6 Å². The largest absolute Gasteiger partial charge is 0.496 e. The third kappa shape index (κ3) is 4.22. The average Bonchev–Trinajstić information content (AvgIpc) is 2.38. The maximum Gasteiger partial charge on any atom is 0.125 e. The maximum absolute atomic E-state index is 5.61. The van der Waals surface area contributed by atoms with Gasteiger partial charge in [0.25, 0.3) is 0 Å². The fourth-order valence-corrected chi connectivity index (χ4v) is 2.47. The predicted molar refractivity (Wildman–Crippen MR) is 82.1 cm³/mol. The number of likely N-dealkylation sites (N-methyl/N-ethyl adjacent to an activating group) is 1. The smallest absolute Gasteiger partial charge is 0.125 e. The Morgan fingerprint density at radius 1 is 1.16 bits per heavy atom. The third-order valence-corrected chi connectivity index (χ3v) is 3.81. The molecule has 0 aromatic heterocycles. The van der Waals surface area contributed by atoms with Crippen molar-refractivity contribution in [3.8, 4) is 5.75 Å². The van der Waals surface area contributed by atoms with E-state index in [1.165, 1.54) is 22.3 Å². The molecule has 0 heterocycles. The van der Waals surface area contributed by atoms with E-state index in [4.69, 9.17) is 10.5 Å². The minimum Gasteiger partial charge on any atom is -0.496 e. The van der Waals surface area contributed by atoms with Gasteiger partial charge in [-0.15, -0.1) is 0 Å². The van der Waals surface area contributed by atoms with Crippen molar-refractivity contribution in [3.05, 3.63) is 28.3 Å². The molecule has 3 nitrogen and oxygen atoms in total. The molecule has 0 aliphatic rings. The first-order valence-electron chi connectivity index (χ1n) is 7.03. The fraction of sp³-hybridized carbons (Fsp3) is 0.625. The van der Waals surface area contributed by atoms with Gasteiger partial charge in [0.15, 0.2) is 0 Å². The topological polar surface area (TPSA) is 38.5 Å². The van der Waals surface area contributed by atoms with E-state index in [0.29, 0.717) is 0 Å². The second kappa shape index (κ2) is 7.51. The highest BCUT2D eigenvalue weighted by Crippen LogP contribution is 2.29. The van der Waals surface area contributed by atoms with E-state index in [0.717, 1.165) is 38.2 Å². The van der Waals surface area contributed by atoms with Gasteiger partial charge < -0.3 is 15.4 Å². The number of nitrogens with zero attached hydrogens (tertiary/aromatic N) is 1. The molecule has 0 amide bonds. The zero-order valence-corrected chi connectivity index (χ0v) is 13.0. The molecule has 0 bridgehead atoms. The van der Waals surface area contributed by atoms with E-state index in [-0.39, 0.29) is 0 Å². The Bertz CT molecular complexity index is 416. The summed E-state index contributed by atoms with van der Waals surface area (Å²) < 4.78 is 5.61. The van der Waals surface area contributed by atoms with Gasteiger partial charge in [-0.1, -0.05) is 6.07 Å². The van der Waals surface area contributed by atoms with Gasteiger partial charge in [0.1, 0.15) is 5.75 Å². The molecule has 1 aromatic rings. The van der Waals surface area contributed by atoms with Gasteiger partial charge in [0, 0.05) is 6.54 Å². The van der Waals surface area contributed by atoms with E-state index in [1.54, 1.807) is 7.11 Å². The number of aryl methyl sites for hydroxylation is 2. The summed E-state index contributed by atoms with van der Waals surface area (Å²) in [6.45, 7) is 9.31. The van der Waals surface area contributed by atoms with Crippen molar-refractivity contribution in [2.24, 2.45) is 5.73 Å². The summed E-state index contributed by atoms with van der Waals surface area (Å²) in [5.41, 5.74) is 10.8. The zero-order valence-electron chi connectivity index (χ0n) is 13.0. The molecule has 0 saturated heterocycles. The normalized spacial score (nSPS) is 11.1. The predicted octanol–water partition coefficient (Wildman–Crippen LogP) is 2.44. The van der Waals surface area contributed by atoms with Crippen LogP contribution in [0.25, 0.3) is 0 Å². The third-order valence-electron chi connectivity index (χ3n) is 3.81. The molecule has 3 heteroatoms. The van der Waals surface area contributed by atoms with Crippen LogP contribution in [0.3, 0.4) is 0 Å². The van der Waals surface area contributed by atoms with Crippen LogP contribution in [0, 0.1) is 20.8 Å². The number of benzene rings is 1. The zero-order chi connectivity index (χ0) is 14.4. The first-order chi connectivity index (χ1) is 9.01. The molecule has 108 valence electrons. The highest BCUT2D eigenvalue weighted by molar-refractivity contribution is 5.49. The van der Waals surface area contributed by atoms with Crippen LogP contribution >= 0.6 is 0 Å². The van der Waals surface area contributed by atoms with E-state index in [2.05, 4.69) is 38.8 Å². The molecule has 0 atom stereocenters. The summed E-state index contributed by atoms with van der Waals surface area (Å²) in [6, 6.07) is 2.26. The molecule has 1 rings (SSSR count). The minimum absolute atomic E-state index is 0.760. The van der Waals surface area contributed by atoms with Crippen molar-refractivity contribution in [1.29, 1.82) is 0 Å². The lowest BCUT2D eigenvalue weighted by atomic mass is 9.97. The molecule has 0 spiro atoms. The summed E-state index contributed by atoms with van der Waals surface area (Å²) in [5.74, 6) is 1.06. The first kappa shape index (κ1) is 16.0. The molecule has 0 aliphatic carbocycles. The van der Waals surface area contributed by atoms with Gasteiger partial charge in [-0.05, 0) is 76.0 Å². The van der Waals surface area contributed by atoms with E-state index in [1.807, 2.05) is 0 Å². The number of hydrogen-bond acceptors (Lipinski definition) is 3. The SMILES string of the molecule is COc1c(C)c(C)cc(C)c1CCN(C)CCCN. The number of rotatable bonds is 7. The molecule has 1 aromatic carbocycles. The van der Waals surface area contributed by atoms with Gasteiger partial charge in [0.2, 0.25) is 0 Å². The molecule has 0 radical (unpaired) electrons. The molecule has 0 unspecified atom stereocenters. The summed E-state index contributed by atoms with van der Waals surface area (Å²) in [5, 5.41) is 0. The minimum atomic E-state index is 0.760. The lowest BCUT2D eigenvalue weighted by Gasteiger charge is -2.20. The maximum atomic E-state index is 5.61. The van der Waals surface area contributed by atoms with Crippen LogP contribution in [0.5, 0.6) is 5.75 Å². The highest BCUT2D eigenvalue weighted by Gasteiger charge is 2.12. The Morgan fingerprint density at radius 3 is 2.42 bits per heavy atom. The molecular formula is C16H28N2O. The number of methoxy groups -OCH3 is 1. The molecule has 0 fully saturated rings. The molecule has 2 N–H and O–H groups in total. The van der Waals surface area contributed by atoms with Crippen molar-refractivity contribution in [3.63, 3.8) is 0 Å². The Hall–Kier alpha value is -1.06. The molecule has 0 saturated carbocycles. The van der Waals surface area contributed by atoms with Gasteiger partial charge >= 0.3 is 0 Å². The van der Waals surface area contributed by atoms with Crippen LogP contribution in [0.15, 0.2) is 6.07 Å². The molecule has 19 heavy (non-hydrogen) atoms. The van der Waals surface area contributed by atoms with Crippen LogP contribution in [-0.2, 0) is 6.42 Å². The Kier molecular flexibility index (Phi) is 6.32. The van der Waals surface area contributed by atoms with Gasteiger partial charge in [-0.2, -0.15) is 0 Å². The number of ether oxygens (including phenoxy) is 1. The summed E-state index contributed by atoms with van der Waals surface area (Å²) >= 11 is 0. The van der Waals surface area contributed by atoms with E-state index in [9.17, 15) is 0 Å². The van der Waals surface area contributed by atoms with Crippen molar-refractivity contribution >= 4 is 0 Å². The second-order valence-corrected chi connectivity index (χ2v) is 5.34. The monoisotopic (exact) mass is 264 g/mol.